The van der Waals surface area contributed by atoms with Crippen molar-refractivity contribution < 1.29 is 8.63 Å². The molecule has 0 unspecified atom stereocenters. The van der Waals surface area contributed by atoms with Crippen LogP contribution in [0.1, 0.15) is 27.9 Å². The Morgan fingerprint density at radius 3 is 1.84 bits per heavy atom. The Balaban J connectivity index is 1.64. The Hall–Kier alpha value is -5.29. The molecule has 0 aliphatic carbocycles. The quantitative estimate of drug-likeness (QED) is 0.181. The fourth-order valence-corrected chi connectivity index (χ4v) is 6.02. The largest absolute Gasteiger partial charge is 0.678 e. The van der Waals surface area contributed by atoms with Crippen LogP contribution in [0.5, 0.6) is 0 Å². The summed E-state index contributed by atoms with van der Waals surface area (Å²) >= 11 is 0. The minimum Gasteiger partial charge on any atom is -0.324 e. The van der Waals surface area contributed by atoms with Crippen LogP contribution in [0.4, 0.5) is 8.63 Å². The predicted molar refractivity (Wildman–Crippen MR) is 175 cm³/mol. The molecule has 2 heterocycles. The van der Waals surface area contributed by atoms with E-state index in [1.165, 1.54) is 4.48 Å². The first-order valence-electron chi connectivity index (χ1n) is 14.3. The second-order valence-electron chi connectivity index (χ2n) is 10.6. The molecular weight excluding hydrogens is 533 g/mol. The molecule has 0 N–H and O–H groups in total. The highest BCUT2D eigenvalue weighted by molar-refractivity contribution is 6.44. The molecule has 0 radical (unpaired) electrons. The number of halogens is 2. The number of hydrogen-bond acceptors (Lipinski definition) is 1. The van der Waals surface area contributed by atoms with Gasteiger partial charge in [-0.3, -0.25) is 8.63 Å². The number of rotatable bonds is 6. The molecule has 0 bridgehead atoms. The summed E-state index contributed by atoms with van der Waals surface area (Å²) in [6, 6.07) is 45.2. The van der Waals surface area contributed by atoms with Crippen molar-refractivity contribution in [1.29, 1.82) is 0 Å². The molecule has 43 heavy (non-hydrogen) atoms. The van der Waals surface area contributed by atoms with Crippen molar-refractivity contribution in [2.24, 2.45) is 4.99 Å². The molecule has 5 aromatic carbocycles. The second-order valence-corrected chi connectivity index (χ2v) is 10.6. The number of fused-ring (bicyclic) bond motifs is 1. The van der Waals surface area contributed by atoms with Crippen molar-refractivity contribution in [3.63, 3.8) is 0 Å². The number of aliphatic imine (C=N–C) groups is 1. The lowest BCUT2D eigenvalue weighted by atomic mass is 9.92. The molecule has 6 aromatic rings. The van der Waals surface area contributed by atoms with Crippen molar-refractivity contribution in [2.45, 2.75) is 6.92 Å². The van der Waals surface area contributed by atoms with E-state index < -0.39 is 7.40 Å². The van der Waals surface area contributed by atoms with Gasteiger partial charge in [0.15, 0.2) is 0 Å². The van der Waals surface area contributed by atoms with Gasteiger partial charge in [0.25, 0.3) is 0 Å². The topological polar surface area (TPSA) is 17.3 Å². The maximum Gasteiger partial charge on any atom is 0.678 e. The van der Waals surface area contributed by atoms with Gasteiger partial charge in [-0.25, -0.2) is 4.99 Å². The van der Waals surface area contributed by atoms with Crippen LogP contribution < -0.4 is 0 Å². The van der Waals surface area contributed by atoms with Crippen molar-refractivity contribution in [1.82, 2.24) is 4.48 Å². The molecule has 2 nitrogen and oxygen atoms in total. The van der Waals surface area contributed by atoms with Crippen LogP contribution in [0.25, 0.3) is 33.2 Å². The summed E-state index contributed by atoms with van der Waals surface area (Å²) < 4.78 is 32.3. The Morgan fingerprint density at radius 2 is 1.19 bits per heavy atom. The van der Waals surface area contributed by atoms with Crippen molar-refractivity contribution >= 4 is 35.0 Å². The van der Waals surface area contributed by atoms with E-state index in [1.807, 2.05) is 146 Å². The van der Waals surface area contributed by atoms with Crippen LogP contribution in [0, 0.1) is 6.92 Å². The Bertz CT molecular complexity index is 2040. The van der Waals surface area contributed by atoms with Crippen molar-refractivity contribution in [3.8, 4) is 11.3 Å². The summed E-state index contributed by atoms with van der Waals surface area (Å²) in [5.74, 6) is 0. The highest BCUT2D eigenvalue weighted by Crippen LogP contribution is 2.45. The van der Waals surface area contributed by atoms with E-state index in [9.17, 15) is 0 Å². The van der Waals surface area contributed by atoms with Crippen LogP contribution >= 0.6 is 0 Å². The van der Waals surface area contributed by atoms with E-state index in [0.717, 1.165) is 49.9 Å². The highest BCUT2D eigenvalue weighted by Gasteiger charge is 2.33. The lowest BCUT2D eigenvalue weighted by molar-refractivity contribution is 0.630. The maximum absolute atomic E-state index is 15.6. The molecule has 0 spiro atoms. The van der Waals surface area contributed by atoms with Crippen LogP contribution in [-0.4, -0.2) is 17.6 Å². The maximum atomic E-state index is 15.6. The van der Waals surface area contributed by atoms with Gasteiger partial charge in [-0.05, 0) is 29.7 Å². The monoisotopic (exact) mass is 560 g/mol. The van der Waals surface area contributed by atoms with Gasteiger partial charge in [0.05, 0.1) is 17.1 Å². The van der Waals surface area contributed by atoms with Gasteiger partial charge in [0.2, 0.25) is 0 Å². The first-order chi connectivity index (χ1) is 21.1. The van der Waals surface area contributed by atoms with E-state index in [-0.39, 0.29) is 0 Å². The first kappa shape index (κ1) is 26.6. The third-order valence-corrected chi connectivity index (χ3v) is 7.97. The zero-order valence-electron chi connectivity index (χ0n) is 23.6. The molecule has 206 valence electrons. The van der Waals surface area contributed by atoms with Crippen molar-refractivity contribution in [3.05, 3.63) is 179 Å². The summed E-state index contributed by atoms with van der Waals surface area (Å²) in [5, 5.41) is 1.53. The molecule has 0 amide bonds. The van der Waals surface area contributed by atoms with Crippen LogP contribution in [0.3, 0.4) is 0 Å². The molecule has 0 saturated carbocycles. The lowest BCUT2D eigenvalue weighted by Gasteiger charge is -2.18. The SMILES string of the molecule is Cc1ccccc1-c1c2ccccc2c(C(=C2N=C(c3ccccc3)C=C2c2ccccc2)c2ccccc2)n1B(F)F. The van der Waals surface area contributed by atoms with E-state index in [2.05, 4.69) is 6.08 Å². The van der Waals surface area contributed by atoms with Crippen LogP contribution in [0.15, 0.2) is 156 Å². The third kappa shape index (κ3) is 4.73. The summed E-state index contributed by atoms with van der Waals surface area (Å²) in [7, 11) is -2.79. The smallest absolute Gasteiger partial charge is 0.324 e. The van der Waals surface area contributed by atoms with E-state index in [1.54, 1.807) is 0 Å². The van der Waals surface area contributed by atoms with Gasteiger partial charge in [0, 0.05) is 38.7 Å². The van der Waals surface area contributed by atoms with E-state index in [0.29, 0.717) is 22.7 Å². The normalized spacial score (nSPS) is 14.0. The summed E-state index contributed by atoms with van der Waals surface area (Å²) in [5.41, 5.74) is 8.43. The van der Waals surface area contributed by atoms with Gasteiger partial charge < -0.3 is 4.48 Å². The zero-order valence-corrected chi connectivity index (χ0v) is 23.6. The summed E-state index contributed by atoms with van der Waals surface area (Å²) in [4.78, 5) is 5.22. The highest BCUT2D eigenvalue weighted by atomic mass is 19.2. The number of hydrogen-bond donors (Lipinski definition) is 0. The standard InChI is InChI=1S/C38H27BF2N2/c1-26-15-11-12-22-30(26)37-31-23-13-14-24-32(31)38(43(37)39(40)41)35(29-20-9-4-10-21-29)36-33(27-16-5-2-6-17-27)25-34(42-36)28-18-7-3-8-19-28/h2-25H,1H3. The summed E-state index contributed by atoms with van der Waals surface area (Å²) in [6.45, 7) is 1.97. The number of aryl methyl sites for hydroxylation is 1. The minimum absolute atomic E-state index is 0.449. The average Bonchev–Trinajstić information content (AvgIpc) is 3.64. The number of benzene rings is 5. The number of aromatic nitrogens is 1. The van der Waals surface area contributed by atoms with Gasteiger partial charge in [-0.2, -0.15) is 0 Å². The van der Waals surface area contributed by atoms with Crippen LogP contribution in [-0.2, 0) is 0 Å². The van der Waals surface area contributed by atoms with Gasteiger partial charge in [-0.1, -0.05) is 140 Å². The van der Waals surface area contributed by atoms with Gasteiger partial charge >= 0.3 is 7.40 Å². The third-order valence-electron chi connectivity index (χ3n) is 7.97. The van der Waals surface area contributed by atoms with Crippen LogP contribution in [0.2, 0.25) is 0 Å². The van der Waals surface area contributed by atoms with Gasteiger partial charge in [0.1, 0.15) is 0 Å². The molecule has 0 atom stereocenters. The first-order valence-corrected chi connectivity index (χ1v) is 14.3. The molecule has 0 saturated heterocycles. The second kappa shape index (κ2) is 11.2. The number of allylic oxidation sites excluding steroid dienone is 2. The molecule has 1 aliphatic heterocycles. The van der Waals surface area contributed by atoms with E-state index >= 15 is 8.63 Å². The number of nitrogens with zero attached hydrogens (tertiary/aromatic N) is 2. The molecular formula is C38H27BF2N2. The average molecular weight is 560 g/mol. The molecule has 1 aromatic heterocycles. The lowest BCUT2D eigenvalue weighted by Crippen LogP contribution is -2.18. The fourth-order valence-electron chi connectivity index (χ4n) is 6.02. The molecule has 0 fully saturated rings. The fraction of sp³-hybridized carbons (Fsp3) is 0.0263. The molecule has 5 heteroatoms. The molecule has 7 rings (SSSR count). The summed E-state index contributed by atoms with van der Waals surface area (Å²) in [6.07, 6.45) is 2.07. The zero-order chi connectivity index (χ0) is 29.3. The predicted octanol–water partition coefficient (Wildman–Crippen LogP) is 9.73. The Kier molecular flexibility index (Phi) is 6.92. The van der Waals surface area contributed by atoms with Crippen molar-refractivity contribution in [2.75, 3.05) is 0 Å². The van der Waals surface area contributed by atoms with Gasteiger partial charge in [-0.15, -0.1) is 0 Å². The van der Waals surface area contributed by atoms with E-state index in [4.69, 9.17) is 4.99 Å². The molecule has 1 aliphatic rings. The Morgan fingerprint density at radius 1 is 0.628 bits per heavy atom. The minimum atomic E-state index is -2.79. The Labute approximate surface area is 250 Å².